The van der Waals surface area contributed by atoms with Crippen LogP contribution in [0.3, 0.4) is 0 Å². The summed E-state index contributed by atoms with van der Waals surface area (Å²) in [6.07, 6.45) is -1.41. The molecular weight excluding hydrogens is 198 g/mol. The number of aliphatic hydroxyl groups is 2. The fourth-order valence-corrected chi connectivity index (χ4v) is 1.53. The zero-order chi connectivity index (χ0) is 12.2. The highest BCUT2D eigenvalue weighted by molar-refractivity contribution is 5.86. The molecule has 0 saturated carbocycles. The molecule has 88 valence electrons. The molecule has 0 radical (unpaired) electrons. The second kappa shape index (κ2) is 5.72. The van der Waals surface area contributed by atoms with Crippen molar-refractivity contribution >= 4 is 5.97 Å². The van der Waals surface area contributed by atoms with Gasteiger partial charge in [-0.2, -0.15) is 0 Å². The summed E-state index contributed by atoms with van der Waals surface area (Å²) in [5.41, 5.74) is 0.576. The highest BCUT2D eigenvalue weighted by atomic mass is 16.4. The summed E-state index contributed by atoms with van der Waals surface area (Å²) in [6.45, 7) is 6.20. The van der Waals surface area contributed by atoms with Crippen LogP contribution in [-0.2, 0) is 4.79 Å². The van der Waals surface area contributed by atoms with E-state index < -0.39 is 18.4 Å². The molecular formula is C10H19NO4. The Kier molecular flexibility index (Phi) is 5.32. The predicted octanol–water partition coefficient (Wildman–Crippen LogP) is 0.734. The van der Waals surface area contributed by atoms with E-state index in [2.05, 4.69) is 0 Å². The van der Waals surface area contributed by atoms with Gasteiger partial charge >= 0.3 is 5.97 Å². The fourth-order valence-electron chi connectivity index (χ4n) is 1.53. The molecule has 0 aromatic rings. The van der Waals surface area contributed by atoms with E-state index in [1.165, 1.54) is 25.7 Å². The van der Waals surface area contributed by atoms with Gasteiger partial charge in [-0.25, -0.2) is 4.79 Å². The van der Waals surface area contributed by atoms with Gasteiger partial charge in [-0.1, -0.05) is 6.92 Å². The van der Waals surface area contributed by atoms with E-state index in [1.807, 2.05) is 0 Å². The molecule has 0 fully saturated rings. The van der Waals surface area contributed by atoms with Gasteiger partial charge in [-0.05, 0) is 27.2 Å². The Morgan fingerprint density at radius 1 is 1.27 bits per heavy atom. The molecule has 2 unspecified atom stereocenters. The Bertz CT molecular complexity index is 250. The van der Waals surface area contributed by atoms with Crippen LogP contribution in [0.25, 0.3) is 0 Å². The predicted molar refractivity (Wildman–Crippen MR) is 55.8 cm³/mol. The van der Waals surface area contributed by atoms with Crippen molar-refractivity contribution in [3.8, 4) is 0 Å². The van der Waals surface area contributed by atoms with Crippen LogP contribution in [0.2, 0.25) is 0 Å². The number of hydrogen-bond acceptors (Lipinski definition) is 4. The normalized spacial score (nSPS) is 16.7. The summed E-state index contributed by atoms with van der Waals surface area (Å²) in [4.78, 5) is 12.1. The molecule has 15 heavy (non-hydrogen) atoms. The summed E-state index contributed by atoms with van der Waals surface area (Å²) in [5, 5.41) is 27.8. The lowest BCUT2D eigenvalue weighted by atomic mass is 10.1. The minimum absolute atomic E-state index is 0.138. The maximum absolute atomic E-state index is 10.8. The Morgan fingerprint density at radius 2 is 1.67 bits per heavy atom. The number of carboxylic acid groups (broad SMARTS) is 1. The standard InChI is InChI=1S/C10H19NO4/c1-5-9(6(2)10(14)15)11(7(3)12)8(4)13/h7-8,12-13H,5H2,1-4H3,(H,14,15)/b9-6+. The van der Waals surface area contributed by atoms with E-state index in [9.17, 15) is 15.0 Å². The van der Waals surface area contributed by atoms with Crippen LogP contribution in [0.4, 0.5) is 0 Å². The third-order valence-corrected chi connectivity index (χ3v) is 2.21. The number of carbonyl (C=O) groups is 1. The molecule has 3 N–H and O–H groups in total. The summed E-state index contributed by atoms with van der Waals surface area (Å²) in [5.74, 6) is -1.04. The molecule has 0 saturated heterocycles. The van der Waals surface area contributed by atoms with Crippen LogP contribution >= 0.6 is 0 Å². The van der Waals surface area contributed by atoms with Crippen LogP contribution in [0.15, 0.2) is 11.3 Å². The Labute approximate surface area is 89.6 Å². The topological polar surface area (TPSA) is 81.0 Å². The molecule has 5 heteroatoms. The maximum Gasteiger partial charge on any atom is 0.333 e. The average molecular weight is 217 g/mol. The second-order valence-corrected chi connectivity index (χ2v) is 3.40. The Balaban J connectivity index is 5.24. The van der Waals surface area contributed by atoms with E-state index in [0.717, 1.165) is 0 Å². The van der Waals surface area contributed by atoms with E-state index in [0.29, 0.717) is 12.1 Å². The lowest BCUT2D eigenvalue weighted by Gasteiger charge is -2.33. The third kappa shape index (κ3) is 3.53. The molecule has 0 spiro atoms. The highest BCUT2D eigenvalue weighted by Gasteiger charge is 2.21. The summed E-state index contributed by atoms with van der Waals surface area (Å²) in [7, 11) is 0. The van der Waals surface area contributed by atoms with Crippen LogP contribution in [0.5, 0.6) is 0 Å². The van der Waals surface area contributed by atoms with Gasteiger partial charge in [0.25, 0.3) is 0 Å². The largest absolute Gasteiger partial charge is 0.478 e. The molecule has 0 aliphatic carbocycles. The lowest BCUT2D eigenvalue weighted by Crippen LogP contribution is -2.40. The fraction of sp³-hybridized carbons (Fsp3) is 0.700. The quantitative estimate of drug-likeness (QED) is 0.467. The summed E-state index contributed by atoms with van der Waals surface area (Å²) >= 11 is 0. The number of carboxylic acids is 1. The van der Waals surface area contributed by atoms with Crippen molar-refractivity contribution in [2.24, 2.45) is 0 Å². The first kappa shape index (κ1) is 13.9. The van der Waals surface area contributed by atoms with E-state index in [-0.39, 0.29) is 5.57 Å². The monoisotopic (exact) mass is 217 g/mol. The number of rotatable bonds is 5. The van der Waals surface area contributed by atoms with Crippen molar-refractivity contribution in [3.63, 3.8) is 0 Å². The van der Waals surface area contributed by atoms with Gasteiger partial charge in [-0.3, -0.25) is 0 Å². The minimum atomic E-state index is -1.04. The number of allylic oxidation sites excluding steroid dienone is 1. The Morgan fingerprint density at radius 3 is 1.87 bits per heavy atom. The second-order valence-electron chi connectivity index (χ2n) is 3.40. The van der Waals surface area contributed by atoms with Crippen molar-refractivity contribution in [1.82, 2.24) is 4.90 Å². The molecule has 0 aromatic heterocycles. The highest BCUT2D eigenvalue weighted by Crippen LogP contribution is 2.19. The van der Waals surface area contributed by atoms with Crippen molar-refractivity contribution in [2.45, 2.75) is 46.6 Å². The number of hydrogen-bond donors (Lipinski definition) is 3. The molecule has 0 heterocycles. The molecule has 0 amide bonds. The number of nitrogens with zero attached hydrogens (tertiary/aromatic N) is 1. The minimum Gasteiger partial charge on any atom is -0.478 e. The maximum atomic E-state index is 10.8. The van der Waals surface area contributed by atoms with Crippen LogP contribution in [0, 0.1) is 0 Å². The van der Waals surface area contributed by atoms with E-state index in [1.54, 1.807) is 6.92 Å². The molecule has 2 atom stereocenters. The molecule has 0 aromatic carbocycles. The zero-order valence-corrected chi connectivity index (χ0v) is 9.56. The van der Waals surface area contributed by atoms with Gasteiger partial charge in [-0.15, -0.1) is 0 Å². The zero-order valence-electron chi connectivity index (χ0n) is 9.56. The van der Waals surface area contributed by atoms with Crippen molar-refractivity contribution in [1.29, 1.82) is 0 Å². The van der Waals surface area contributed by atoms with Gasteiger partial charge in [0.15, 0.2) is 0 Å². The molecule has 0 rings (SSSR count). The van der Waals surface area contributed by atoms with Crippen molar-refractivity contribution < 1.29 is 20.1 Å². The van der Waals surface area contributed by atoms with E-state index >= 15 is 0 Å². The SMILES string of the molecule is CC/C(=C(/C)C(=O)O)N(C(C)O)C(C)O. The first-order valence-electron chi connectivity index (χ1n) is 4.90. The Hall–Kier alpha value is -1.07. The third-order valence-electron chi connectivity index (χ3n) is 2.21. The van der Waals surface area contributed by atoms with Gasteiger partial charge in [0, 0.05) is 5.70 Å². The van der Waals surface area contributed by atoms with Crippen LogP contribution < -0.4 is 0 Å². The lowest BCUT2D eigenvalue weighted by molar-refractivity contribution is -0.133. The number of aliphatic hydroxyl groups excluding tert-OH is 2. The van der Waals surface area contributed by atoms with Gasteiger partial charge in [0.1, 0.15) is 12.5 Å². The molecule has 5 nitrogen and oxygen atoms in total. The summed E-state index contributed by atoms with van der Waals surface area (Å²) < 4.78 is 0. The first-order chi connectivity index (χ1) is 6.82. The van der Waals surface area contributed by atoms with Gasteiger partial charge in [0.05, 0.1) is 5.57 Å². The molecule has 0 aliphatic rings. The first-order valence-corrected chi connectivity index (χ1v) is 4.90. The van der Waals surface area contributed by atoms with Crippen molar-refractivity contribution in [3.05, 3.63) is 11.3 Å². The average Bonchev–Trinajstić information content (AvgIpc) is 2.10. The van der Waals surface area contributed by atoms with Gasteiger partial charge < -0.3 is 20.2 Å². The number of aliphatic carboxylic acids is 1. The van der Waals surface area contributed by atoms with Crippen LogP contribution in [0.1, 0.15) is 34.1 Å². The van der Waals surface area contributed by atoms with Gasteiger partial charge in [0.2, 0.25) is 0 Å². The van der Waals surface area contributed by atoms with Crippen LogP contribution in [-0.4, -0.2) is 38.6 Å². The molecule has 0 bridgehead atoms. The smallest absolute Gasteiger partial charge is 0.333 e. The molecule has 0 aliphatic heterocycles. The summed E-state index contributed by atoms with van der Waals surface area (Å²) in [6, 6.07) is 0. The van der Waals surface area contributed by atoms with E-state index in [4.69, 9.17) is 5.11 Å². The van der Waals surface area contributed by atoms with Crippen molar-refractivity contribution in [2.75, 3.05) is 0 Å².